The van der Waals surface area contributed by atoms with Crippen LogP contribution in [0.15, 0.2) is 15.7 Å². The van der Waals surface area contributed by atoms with Crippen LogP contribution in [0.5, 0.6) is 0 Å². The SMILES string of the molecule is CC(C)[C@H](N)C(=O)OC[C@@]1(F)O[C@@](C)(n2c(Cl)cc(=O)[nH]c2=O)[C@H](O)[C@@H]1O. The van der Waals surface area contributed by atoms with Gasteiger partial charge in [-0.2, -0.15) is 0 Å². The van der Waals surface area contributed by atoms with E-state index in [1.807, 2.05) is 4.98 Å². The predicted octanol–water partition coefficient (Wildman–Crippen LogP) is -1.19. The second-order valence-electron chi connectivity index (χ2n) is 6.81. The van der Waals surface area contributed by atoms with E-state index in [2.05, 4.69) is 0 Å². The van der Waals surface area contributed by atoms with Crippen LogP contribution in [0.25, 0.3) is 0 Å². The minimum Gasteiger partial charge on any atom is -0.458 e. The van der Waals surface area contributed by atoms with Gasteiger partial charge in [-0.25, -0.2) is 9.18 Å². The van der Waals surface area contributed by atoms with Crippen molar-refractivity contribution in [3.63, 3.8) is 0 Å². The van der Waals surface area contributed by atoms with Crippen LogP contribution in [0.3, 0.4) is 0 Å². The van der Waals surface area contributed by atoms with Crippen LogP contribution in [0.4, 0.5) is 4.39 Å². The summed E-state index contributed by atoms with van der Waals surface area (Å²) >= 11 is 5.86. The lowest BCUT2D eigenvalue weighted by Crippen LogP contribution is -2.50. The average Bonchev–Trinajstić information content (AvgIpc) is 2.72. The summed E-state index contributed by atoms with van der Waals surface area (Å²) in [5.41, 5.74) is 1.49. The minimum atomic E-state index is -3.06. The molecule has 0 aliphatic carbocycles. The van der Waals surface area contributed by atoms with E-state index in [-0.39, 0.29) is 5.92 Å². The molecule has 27 heavy (non-hydrogen) atoms. The Bertz CT molecular complexity index is 843. The topological polar surface area (TPSA) is 157 Å². The number of aromatic amines is 1. The van der Waals surface area contributed by atoms with Gasteiger partial charge in [-0.3, -0.25) is 19.1 Å². The molecule has 12 heteroatoms. The highest BCUT2D eigenvalue weighted by atomic mass is 35.5. The van der Waals surface area contributed by atoms with Crippen molar-refractivity contribution in [2.75, 3.05) is 6.61 Å². The molecule has 2 heterocycles. The molecule has 152 valence electrons. The molecule has 1 aromatic heterocycles. The highest BCUT2D eigenvalue weighted by Crippen LogP contribution is 2.43. The predicted molar refractivity (Wildman–Crippen MR) is 90.7 cm³/mol. The number of rotatable bonds is 5. The molecule has 0 radical (unpaired) electrons. The molecule has 2 rings (SSSR count). The second-order valence-corrected chi connectivity index (χ2v) is 7.19. The number of carbonyl (C=O) groups is 1. The Balaban J connectivity index is 2.33. The van der Waals surface area contributed by atoms with Crippen molar-refractivity contribution < 1.29 is 28.9 Å². The summed E-state index contributed by atoms with van der Waals surface area (Å²) in [7, 11) is 0. The lowest BCUT2D eigenvalue weighted by molar-refractivity contribution is -0.245. The normalized spacial score (nSPS) is 31.9. The smallest absolute Gasteiger partial charge is 0.331 e. The van der Waals surface area contributed by atoms with Gasteiger partial charge in [0.2, 0.25) is 0 Å². The van der Waals surface area contributed by atoms with E-state index >= 15 is 4.39 Å². The van der Waals surface area contributed by atoms with Gasteiger partial charge in [0, 0.05) is 6.07 Å². The van der Waals surface area contributed by atoms with Gasteiger partial charge in [-0.05, 0) is 12.8 Å². The Hall–Kier alpha value is -1.79. The molecule has 0 saturated carbocycles. The third-order valence-corrected chi connectivity index (χ3v) is 4.69. The first-order valence-electron chi connectivity index (χ1n) is 8.03. The first-order valence-corrected chi connectivity index (χ1v) is 8.41. The Labute approximate surface area is 157 Å². The van der Waals surface area contributed by atoms with Crippen LogP contribution in [0.1, 0.15) is 20.8 Å². The first kappa shape index (κ1) is 21.5. The van der Waals surface area contributed by atoms with Crippen LogP contribution < -0.4 is 17.0 Å². The average molecular weight is 410 g/mol. The van der Waals surface area contributed by atoms with Gasteiger partial charge in [-0.15, -0.1) is 0 Å². The van der Waals surface area contributed by atoms with Crippen molar-refractivity contribution in [3.05, 3.63) is 32.1 Å². The van der Waals surface area contributed by atoms with E-state index in [1.165, 1.54) is 0 Å². The van der Waals surface area contributed by atoms with Gasteiger partial charge in [-0.1, -0.05) is 25.4 Å². The largest absolute Gasteiger partial charge is 0.458 e. The summed E-state index contributed by atoms with van der Waals surface area (Å²) in [5, 5.41) is 19.9. The highest BCUT2D eigenvalue weighted by molar-refractivity contribution is 6.29. The monoisotopic (exact) mass is 409 g/mol. The molecule has 1 fully saturated rings. The molecule has 1 aromatic rings. The van der Waals surface area contributed by atoms with Gasteiger partial charge < -0.3 is 25.4 Å². The summed E-state index contributed by atoms with van der Waals surface area (Å²) in [5.74, 6) is -4.27. The zero-order valence-corrected chi connectivity index (χ0v) is 15.6. The van der Waals surface area contributed by atoms with Crippen molar-refractivity contribution in [1.82, 2.24) is 9.55 Å². The number of esters is 1. The molecular formula is C15H21ClFN3O7. The zero-order valence-electron chi connectivity index (χ0n) is 14.8. The number of H-pyrrole nitrogens is 1. The number of aliphatic hydroxyl groups excluding tert-OH is 2. The van der Waals surface area contributed by atoms with Gasteiger partial charge >= 0.3 is 11.7 Å². The third kappa shape index (κ3) is 3.78. The number of hydrogen-bond donors (Lipinski definition) is 4. The van der Waals surface area contributed by atoms with Crippen LogP contribution >= 0.6 is 11.6 Å². The number of ether oxygens (including phenoxy) is 2. The van der Waals surface area contributed by atoms with Crippen molar-refractivity contribution in [2.24, 2.45) is 11.7 Å². The summed E-state index contributed by atoms with van der Waals surface area (Å²) < 4.78 is 25.6. The molecule has 0 bridgehead atoms. The Kier molecular flexibility index (Phi) is 5.83. The second kappa shape index (κ2) is 7.32. The highest BCUT2D eigenvalue weighted by Gasteiger charge is 2.63. The van der Waals surface area contributed by atoms with Crippen LogP contribution in [-0.2, 0) is 20.0 Å². The van der Waals surface area contributed by atoms with Crippen molar-refractivity contribution in [1.29, 1.82) is 0 Å². The van der Waals surface area contributed by atoms with Gasteiger partial charge in [0.1, 0.15) is 23.4 Å². The summed E-state index contributed by atoms with van der Waals surface area (Å²) in [6.45, 7) is 3.30. The standard InChI is InChI=1S/C15H21ClFN3O7/c1-6(2)9(18)12(24)26-5-15(17)11(23)10(22)14(3,27-15)20-7(16)4-8(21)19-13(20)25/h4,6,9-11,22-23H,5,18H2,1-3H3,(H,19,21,25)/t9-,10+,11-,14+,15+/m0/s1. The molecule has 1 saturated heterocycles. The summed E-state index contributed by atoms with van der Waals surface area (Å²) in [4.78, 5) is 37.1. The van der Waals surface area contributed by atoms with Gasteiger partial charge in [0.05, 0.1) is 0 Å². The Morgan fingerprint density at radius 2 is 2.07 bits per heavy atom. The van der Waals surface area contributed by atoms with Gasteiger partial charge in [0.25, 0.3) is 11.4 Å². The number of aromatic nitrogens is 2. The molecule has 10 nitrogen and oxygen atoms in total. The molecule has 5 atom stereocenters. The Morgan fingerprint density at radius 1 is 1.48 bits per heavy atom. The van der Waals surface area contributed by atoms with E-state index in [1.54, 1.807) is 13.8 Å². The fourth-order valence-electron chi connectivity index (χ4n) is 2.70. The van der Waals surface area contributed by atoms with E-state index in [0.717, 1.165) is 13.0 Å². The van der Waals surface area contributed by atoms with Crippen LogP contribution in [0.2, 0.25) is 5.15 Å². The maximum absolute atomic E-state index is 15.1. The fourth-order valence-corrected chi connectivity index (χ4v) is 3.05. The maximum Gasteiger partial charge on any atom is 0.331 e. The molecule has 1 aliphatic heterocycles. The lowest BCUT2D eigenvalue weighted by Gasteiger charge is -2.30. The van der Waals surface area contributed by atoms with E-state index < -0.39 is 58.8 Å². The maximum atomic E-state index is 15.1. The Morgan fingerprint density at radius 3 is 2.59 bits per heavy atom. The number of halogens is 2. The van der Waals surface area contributed by atoms with Crippen molar-refractivity contribution >= 4 is 17.6 Å². The van der Waals surface area contributed by atoms with E-state index in [9.17, 15) is 24.6 Å². The molecule has 1 aliphatic rings. The molecule has 5 N–H and O–H groups in total. The first-order chi connectivity index (χ1) is 12.3. The number of hydrogen-bond acceptors (Lipinski definition) is 8. The summed E-state index contributed by atoms with van der Waals surface area (Å²) in [6.07, 6.45) is -4.18. The number of nitrogens with zero attached hydrogens (tertiary/aromatic N) is 1. The molecule has 0 amide bonds. The van der Waals surface area contributed by atoms with Crippen LogP contribution in [-0.4, -0.2) is 56.4 Å². The van der Waals surface area contributed by atoms with E-state index in [0.29, 0.717) is 4.57 Å². The van der Waals surface area contributed by atoms with Crippen LogP contribution in [0, 0.1) is 5.92 Å². The molecular weight excluding hydrogens is 389 g/mol. The number of nitrogens with one attached hydrogen (secondary N) is 1. The number of aliphatic hydroxyl groups is 2. The number of alkyl halides is 1. The third-order valence-electron chi connectivity index (χ3n) is 4.41. The van der Waals surface area contributed by atoms with Crippen molar-refractivity contribution in [2.45, 2.75) is 50.6 Å². The van der Waals surface area contributed by atoms with Gasteiger partial charge in [0.15, 0.2) is 12.3 Å². The number of carbonyl (C=O) groups excluding carboxylic acids is 1. The number of nitrogens with two attached hydrogens (primary N) is 1. The van der Waals surface area contributed by atoms with E-state index in [4.69, 9.17) is 26.8 Å². The minimum absolute atomic E-state index is 0.281. The quantitative estimate of drug-likeness (QED) is 0.349. The zero-order chi connectivity index (χ0) is 20.7. The van der Waals surface area contributed by atoms with Crippen molar-refractivity contribution in [3.8, 4) is 0 Å². The molecule has 0 aromatic carbocycles. The fraction of sp³-hybridized carbons (Fsp3) is 0.667. The summed E-state index contributed by atoms with van der Waals surface area (Å²) in [6, 6.07) is -0.212. The molecule has 0 unspecified atom stereocenters. The lowest BCUT2D eigenvalue weighted by atomic mass is 10.0. The molecule has 0 spiro atoms.